The number of nitrogens with one attached hydrogen (secondary N) is 1. The molecular formula is C16H30N2O2. The first-order valence-corrected chi connectivity index (χ1v) is 8.29. The van der Waals surface area contributed by atoms with Crippen LogP contribution in [0.1, 0.15) is 51.9 Å². The van der Waals surface area contributed by atoms with Crippen LogP contribution in [-0.2, 0) is 4.79 Å². The predicted octanol–water partition coefficient (Wildman–Crippen LogP) is 1.77. The highest BCUT2D eigenvalue weighted by molar-refractivity contribution is 5.79. The Morgan fingerprint density at radius 1 is 1.25 bits per heavy atom. The van der Waals surface area contributed by atoms with Gasteiger partial charge in [0.1, 0.15) is 0 Å². The third kappa shape index (κ3) is 3.73. The van der Waals surface area contributed by atoms with Gasteiger partial charge >= 0.3 is 0 Å². The fourth-order valence-electron chi connectivity index (χ4n) is 3.69. The zero-order valence-electron chi connectivity index (χ0n) is 13.0. The first kappa shape index (κ1) is 15.8. The number of hydrogen-bond donors (Lipinski definition) is 2. The second-order valence-electron chi connectivity index (χ2n) is 6.60. The maximum atomic E-state index is 12.5. The minimum absolute atomic E-state index is 0.0414. The molecule has 2 N–H and O–H groups in total. The summed E-state index contributed by atoms with van der Waals surface area (Å²) >= 11 is 0. The topological polar surface area (TPSA) is 52.6 Å². The van der Waals surface area contributed by atoms with Crippen LogP contribution in [0.4, 0.5) is 0 Å². The lowest BCUT2D eigenvalue weighted by Gasteiger charge is -2.33. The van der Waals surface area contributed by atoms with Crippen LogP contribution in [0.15, 0.2) is 0 Å². The summed E-state index contributed by atoms with van der Waals surface area (Å²) in [6.45, 7) is 3.56. The maximum absolute atomic E-state index is 12.5. The summed E-state index contributed by atoms with van der Waals surface area (Å²) in [5.41, 5.74) is 0. The number of β-amino-alcohol motifs (C(OH)–C–C–N with tert-alkyl or cyclic N) is 1. The van der Waals surface area contributed by atoms with E-state index >= 15 is 0 Å². The van der Waals surface area contributed by atoms with Crippen molar-refractivity contribution < 1.29 is 9.90 Å². The van der Waals surface area contributed by atoms with Gasteiger partial charge in [-0.3, -0.25) is 4.79 Å². The van der Waals surface area contributed by atoms with Crippen molar-refractivity contribution in [2.24, 2.45) is 11.8 Å². The maximum Gasteiger partial charge on any atom is 0.225 e. The molecule has 0 aromatic carbocycles. The van der Waals surface area contributed by atoms with Gasteiger partial charge in [-0.05, 0) is 31.6 Å². The lowest BCUT2D eigenvalue weighted by atomic mass is 9.79. The third-order valence-electron chi connectivity index (χ3n) is 5.16. The molecule has 0 bridgehead atoms. The standard InChI is InChI=1S/C16H30N2O2/c1-3-4-5-12-6-8-13(9-7-12)16(20)18(2)14-10-17-11-15(14)19/h12-15,17,19H,3-11H2,1-2H3/t12?,13?,14-,15-/m0/s1. The van der Waals surface area contributed by atoms with Crippen LogP contribution in [0.25, 0.3) is 0 Å². The molecular weight excluding hydrogens is 252 g/mol. The first-order chi connectivity index (χ1) is 9.63. The van der Waals surface area contributed by atoms with Gasteiger partial charge in [0.25, 0.3) is 0 Å². The quantitative estimate of drug-likeness (QED) is 0.808. The highest BCUT2D eigenvalue weighted by Gasteiger charge is 2.35. The molecule has 2 aliphatic rings. The lowest BCUT2D eigenvalue weighted by molar-refractivity contribution is -0.139. The minimum Gasteiger partial charge on any atom is -0.390 e. The summed E-state index contributed by atoms with van der Waals surface area (Å²) in [7, 11) is 1.85. The molecule has 1 aliphatic carbocycles. The number of carbonyl (C=O) groups excluding carboxylic acids is 1. The van der Waals surface area contributed by atoms with Crippen molar-refractivity contribution in [3.05, 3.63) is 0 Å². The smallest absolute Gasteiger partial charge is 0.225 e. The summed E-state index contributed by atoms with van der Waals surface area (Å²) < 4.78 is 0. The van der Waals surface area contributed by atoms with E-state index in [-0.39, 0.29) is 17.9 Å². The molecule has 116 valence electrons. The van der Waals surface area contributed by atoms with Gasteiger partial charge in [0.05, 0.1) is 12.1 Å². The molecule has 2 fully saturated rings. The summed E-state index contributed by atoms with van der Waals surface area (Å²) in [5.74, 6) is 1.26. The van der Waals surface area contributed by atoms with Crippen LogP contribution in [0, 0.1) is 11.8 Å². The Hall–Kier alpha value is -0.610. The second kappa shape index (κ2) is 7.41. The average molecular weight is 282 g/mol. The summed E-state index contributed by atoms with van der Waals surface area (Å²) in [6, 6.07) is -0.0414. The van der Waals surface area contributed by atoms with E-state index < -0.39 is 6.10 Å². The molecule has 1 amide bonds. The van der Waals surface area contributed by atoms with Crippen LogP contribution >= 0.6 is 0 Å². The molecule has 4 nitrogen and oxygen atoms in total. The molecule has 0 radical (unpaired) electrons. The van der Waals surface area contributed by atoms with Crippen LogP contribution in [0.2, 0.25) is 0 Å². The minimum atomic E-state index is -0.412. The Bertz CT molecular complexity index is 314. The fourth-order valence-corrected chi connectivity index (χ4v) is 3.69. The highest BCUT2D eigenvalue weighted by Crippen LogP contribution is 2.33. The number of aliphatic hydroxyl groups is 1. The fraction of sp³-hybridized carbons (Fsp3) is 0.938. The number of rotatable bonds is 5. The SMILES string of the molecule is CCCCC1CCC(C(=O)N(C)[C@H]2CNC[C@@H]2O)CC1. The number of carbonyl (C=O) groups is 1. The molecule has 0 spiro atoms. The highest BCUT2D eigenvalue weighted by atomic mass is 16.3. The van der Waals surface area contributed by atoms with Gasteiger partial charge in [-0.25, -0.2) is 0 Å². The van der Waals surface area contributed by atoms with E-state index in [1.165, 1.54) is 32.1 Å². The molecule has 1 saturated carbocycles. The van der Waals surface area contributed by atoms with Gasteiger partial charge in [0.15, 0.2) is 0 Å². The van der Waals surface area contributed by atoms with Crippen LogP contribution < -0.4 is 5.32 Å². The molecule has 1 aliphatic heterocycles. The number of likely N-dealkylation sites (N-methyl/N-ethyl adjacent to an activating group) is 1. The molecule has 4 heteroatoms. The monoisotopic (exact) mass is 282 g/mol. The van der Waals surface area contributed by atoms with Crippen molar-refractivity contribution in [3.63, 3.8) is 0 Å². The van der Waals surface area contributed by atoms with Crippen LogP contribution in [-0.4, -0.2) is 48.2 Å². The van der Waals surface area contributed by atoms with E-state index in [1.807, 2.05) is 7.05 Å². The average Bonchev–Trinajstić information content (AvgIpc) is 2.90. The summed E-state index contributed by atoms with van der Waals surface area (Å²) in [4.78, 5) is 14.3. The normalized spacial score (nSPS) is 34.1. The van der Waals surface area contributed by atoms with Crippen molar-refractivity contribution in [2.75, 3.05) is 20.1 Å². The molecule has 20 heavy (non-hydrogen) atoms. The molecule has 2 atom stereocenters. The Balaban J connectivity index is 1.79. The van der Waals surface area contributed by atoms with Crippen LogP contribution in [0.5, 0.6) is 0 Å². The van der Waals surface area contributed by atoms with Gasteiger partial charge < -0.3 is 15.3 Å². The number of amides is 1. The van der Waals surface area contributed by atoms with E-state index in [1.54, 1.807) is 4.90 Å². The zero-order chi connectivity index (χ0) is 14.5. The Labute approximate surface area is 122 Å². The van der Waals surface area contributed by atoms with Gasteiger partial charge in [-0.1, -0.05) is 26.2 Å². The lowest BCUT2D eigenvalue weighted by Crippen LogP contribution is -2.47. The van der Waals surface area contributed by atoms with Crippen molar-refractivity contribution in [1.29, 1.82) is 0 Å². The van der Waals surface area contributed by atoms with Gasteiger partial charge in [0, 0.05) is 26.1 Å². The summed E-state index contributed by atoms with van der Waals surface area (Å²) in [6.07, 6.45) is 7.99. The van der Waals surface area contributed by atoms with E-state index in [0.29, 0.717) is 6.54 Å². The largest absolute Gasteiger partial charge is 0.390 e. The van der Waals surface area contributed by atoms with E-state index in [9.17, 15) is 9.90 Å². The van der Waals surface area contributed by atoms with E-state index in [2.05, 4.69) is 12.2 Å². The summed E-state index contributed by atoms with van der Waals surface area (Å²) in [5, 5.41) is 13.0. The second-order valence-corrected chi connectivity index (χ2v) is 6.60. The molecule has 2 rings (SSSR count). The molecule has 0 unspecified atom stereocenters. The first-order valence-electron chi connectivity index (χ1n) is 8.29. The molecule has 0 aromatic heterocycles. The van der Waals surface area contributed by atoms with Crippen molar-refractivity contribution >= 4 is 5.91 Å². The number of unbranched alkanes of at least 4 members (excludes halogenated alkanes) is 1. The third-order valence-corrected chi connectivity index (χ3v) is 5.16. The Kier molecular flexibility index (Phi) is 5.85. The Morgan fingerprint density at radius 3 is 2.50 bits per heavy atom. The molecule has 1 heterocycles. The number of nitrogens with zero attached hydrogens (tertiary/aromatic N) is 1. The van der Waals surface area contributed by atoms with Gasteiger partial charge in [-0.15, -0.1) is 0 Å². The van der Waals surface area contributed by atoms with Crippen LogP contribution in [0.3, 0.4) is 0 Å². The van der Waals surface area contributed by atoms with Crippen molar-refractivity contribution in [3.8, 4) is 0 Å². The molecule has 0 aromatic rings. The molecule has 1 saturated heterocycles. The van der Waals surface area contributed by atoms with Gasteiger partial charge in [-0.2, -0.15) is 0 Å². The van der Waals surface area contributed by atoms with Gasteiger partial charge in [0.2, 0.25) is 5.91 Å². The van der Waals surface area contributed by atoms with Crippen molar-refractivity contribution in [1.82, 2.24) is 10.2 Å². The Morgan fingerprint density at radius 2 is 1.95 bits per heavy atom. The van der Waals surface area contributed by atoms with Crippen molar-refractivity contribution in [2.45, 2.75) is 64.0 Å². The number of aliphatic hydroxyl groups excluding tert-OH is 1. The number of hydrogen-bond acceptors (Lipinski definition) is 3. The van der Waals surface area contributed by atoms with E-state index in [0.717, 1.165) is 25.3 Å². The zero-order valence-corrected chi connectivity index (χ0v) is 13.0. The van der Waals surface area contributed by atoms with E-state index in [4.69, 9.17) is 0 Å². The predicted molar refractivity (Wildman–Crippen MR) is 80.4 cm³/mol.